The third-order valence-corrected chi connectivity index (χ3v) is 14.0. The number of fused-ring (bicyclic) bond motifs is 1. The number of nitrogens with one attached hydrogen (secondary N) is 6. The molecule has 2 rings (SSSR count). The van der Waals surface area contributed by atoms with E-state index in [1.165, 1.54) is 12.2 Å². The Bertz CT molecular complexity index is 2950. The number of carbonyl (C=O) groups is 8. The molecule has 1 unspecified atom stereocenters. The van der Waals surface area contributed by atoms with Gasteiger partial charge in [0.15, 0.2) is 0 Å². The summed E-state index contributed by atoms with van der Waals surface area (Å²) in [6.07, 6.45) is -0.945. The summed E-state index contributed by atoms with van der Waals surface area (Å²) in [6, 6.07) is 7.78. The van der Waals surface area contributed by atoms with Crippen LogP contribution in [-0.2, 0) is 44.9 Å². The molecule has 0 saturated heterocycles. The maximum Gasteiger partial charge on any atom is 0.421 e. The normalized spacial score (nSPS) is 12.4. The highest BCUT2D eigenvalue weighted by atomic mass is 35.5. The number of hydrogen-bond donors (Lipinski definition) is 6. The molecule has 0 aliphatic heterocycles. The predicted molar refractivity (Wildman–Crippen MR) is 446 cm³/mol. The van der Waals surface area contributed by atoms with Gasteiger partial charge in [-0.1, -0.05) is 237 Å². The molecule has 1 aromatic heterocycles. The highest BCUT2D eigenvalue weighted by Gasteiger charge is 2.37. The molecule has 1 aromatic carbocycles. The Morgan fingerprint density at radius 3 is 1.07 bits per heavy atom. The minimum atomic E-state index is -4.65. The van der Waals surface area contributed by atoms with Crippen molar-refractivity contribution in [3.63, 3.8) is 0 Å². The summed E-state index contributed by atoms with van der Waals surface area (Å²) in [6.45, 7) is 81.3. The van der Waals surface area contributed by atoms with Gasteiger partial charge < -0.3 is 41.7 Å². The zero-order chi connectivity index (χ0) is 85.9. The second-order valence-electron chi connectivity index (χ2n) is 36.6. The first-order chi connectivity index (χ1) is 47.0. The lowest BCUT2D eigenvalue weighted by molar-refractivity contribution is -0.131. The molecule has 0 aliphatic rings. The molecule has 1 heterocycles. The van der Waals surface area contributed by atoms with Crippen molar-refractivity contribution in [2.45, 2.75) is 250 Å². The van der Waals surface area contributed by atoms with E-state index in [4.69, 9.17) is 46.4 Å². The highest BCUT2D eigenvalue weighted by Crippen LogP contribution is 2.25. The SMILES string of the molecule is C=C(C(=O)NCC(C)(C)C)C(F)(F)F.C=C(C)C(=O)NCC(C)(C)C.C=CC(=O)N(C)CC(C)(C)C.C=CC(=O)N(C)CCC(C)(C)C.CC(C)(C)CNC(=O)CCl.CC(C)(C)Cn1sc2ccccc2c1=O.CC(Cl)C(=O)NCC(C)(C)C.C[C@@H](Cl)C(=O)NCC(C)(C)C.C[C@H](Cl)C(=O)NCC(C)(C)C. The van der Waals surface area contributed by atoms with Crippen LogP contribution in [0.25, 0.3) is 10.1 Å². The molecule has 618 valence electrons. The Morgan fingerprint density at radius 2 is 0.802 bits per heavy atom. The number of alkyl halides is 7. The van der Waals surface area contributed by atoms with Gasteiger partial charge >= 0.3 is 6.18 Å². The zero-order valence-corrected chi connectivity index (χ0v) is 75.2. The standard InChI is InChI=1S/C12H15NOS.C10H19NO.C9H14F3NO.2C9H17NO.3C8H16ClNO.C7H14ClNO/c1-12(2,3)8-13-11(14)9-6-4-5-7-10(9)15-13;1-6-9(12)11(5)8-7-10(2,3)4;1-6(9(10,11)12)7(14)13-5-8(2,3)4;1-7(2)8(11)10-6-9(3,4)5;1-6-8(11)10(5)7-9(2,3)4;3*1-6(9)7(11)10-5-8(2,3)4;1-7(2,3)5-9-6(10)4-8/h4-7H,8H2,1-3H3;6H,1,7-8H2,2-5H3;1,5H2,2-4H3,(H,13,14);1,6H2,2-5H3,(H,10,11);6H,1,7H2,2-5H3;3*6H,5H2,1-4H3,(H,10,11);4-5H2,1-3H3,(H,9,10)/t;;;;;2*6-;;/m.....10../s1. The number of halogens is 7. The van der Waals surface area contributed by atoms with Crippen molar-refractivity contribution < 1.29 is 51.5 Å². The molecule has 0 spiro atoms. The van der Waals surface area contributed by atoms with E-state index in [0.717, 1.165) is 36.1 Å². The molecule has 0 bridgehead atoms. The molecular weight excluding hydrogens is 1460 g/mol. The monoisotopic (exact) mass is 1600 g/mol. The number of amides is 8. The van der Waals surface area contributed by atoms with E-state index in [1.54, 1.807) is 63.1 Å². The van der Waals surface area contributed by atoms with Gasteiger partial charge in [0.05, 0.1) is 10.1 Å². The van der Waals surface area contributed by atoms with Gasteiger partial charge in [-0.3, -0.25) is 47.1 Å². The van der Waals surface area contributed by atoms with E-state index >= 15 is 0 Å². The van der Waals surface area contributed by atoms with E-state index in [9.17, 15) is 56.3 Å². The van der Waals surface area contributed by atoms with Crippen molar-refractivity contribution >= 4 is 115 Å². The number of nitrogens with zero attached hydrogens (tertiary/aromatic N) is 3. The molecule has 6 N–H and O–H groups in total. The van der Waals surface area contributed by atoms with Crippen LogP contribution in [0.5, 0.6) is 0 Å². The third-order valence-electron chi connectivity index (χ3n) is 12.1. The van der Waals surface area contributed by atoms with E-state index < -0.39 is 33.8 Å². The van der Waals surface area contributed by atoms with Crippen LogP contribution in [-0.4, -0.2) is 156 Å². The van der Waals surface area contributed by atoms with Crippen LogP contribution < -0.4 is 37.5 Å². The average molecular weight is 1610 g/mol. The lowest BCUT2D eigenvalue weighted by atomic mass is 9.92. The van der Waals surface area contributed by atoms with E-state index in [-0.39, 0.29) is 108 Å². The third kappa shape index (κ3) is 78.2. The molecule has 2 aromatic rings. The number of hydrogen-bond acceptors (Lipinski definition) is 10. The molecule has 3 atom stereocenters. The Balaban J connectivity index is -0.000000209. The van der Waals surface area contributed by atoms with E-state index in [2.05, 4.69) is 224 Å². The fourth-order valence-corrected chi connectivity index (χ4v) is 7.82. The topological polar surface area (TPSA) is 237 Å². The molecule has 26 heteroatoms. The second kappa shape index (κ2) is 52.6. The van der Waals surface area contributed by atoms with Gasteiger partial charge in [-0.15, -0.1) is 46.4 Å². The Hall–Kier alpha value is -5.42. The van der Waals surface area contributed by atoms with Gasteiger partial charge in [0.25, 0.3) is 11.5 Å². The minimum absolute atomic E-state index is 0.000694. The fraction of sp³-hybridized carbons (Fsp3) is 0.713. The first-order valence-electron chi connectivity index (χ1n) is 35.4. The molecule has 106 heavy (non-hydrogen) atoms. The van der Waals surface area contributed by atoms with Crippen molar-refractivity contribution in [2.24, 2.45) is 48.7 Å². The fourth-order valence-electron chi connectivity index (χ4n) is 6.23. The van der Waals surface area contributed by atoms with E-state index in [1.807, 2.05) is 49.0 Å². The summed E-state index contributed by atoms with van der Waals surface area (Å²) in [4.78, 5) is 103. The second-order valence-corrected chi connectivity index (χ2v) is 39.9. The van der Waals surface area contributed by atoms with Gasteiger partial charge in [-0.2, -0.15) is 13.2 Å². The van der Waals surface area contributed by atoms with Crippen LogP contribution in [0.2, 0.25) is 0 Å². The summed E-state index contributed by atoms with van der Waals surface area (Å²) in [7, 11) is 3.59. The van der Waals surface area contributed by atoms with Crippen LogP contribution in [0.15, 0.2) is 78.7 Å². The first kappa shape index (κ1) is 114. The summed E-state index contributed by atoms with van der Waals surface area (Å²) < 4.78 is 38.8. The molecular formula is C80H144Cl4F3N9O9S. The predicted octanol–water partition coefficient (Wildman–Crippen LogP) is 17.6. The molecule has 0 saturated carbocycles. The Labute approximate surface area is 663 Å². The van der Waals surface area contributed by atoms with Crippen molar-refractivity contribution in [3.05, 3.63) is 84.2 Å². The summed E-state index contributed by atoms with van der Waals surface area (Å²) in [5.41, 5.74) is 0.355. The zero-order valence-electron chi connectivity index (χ0n) is 71.4. The summed E-state index contributed by atoms with van der Waals surface area (Å²) in [5, 5.41) is 15.4. The van der Waals surface area contributed by atoms with Crippen LogP contribution in [0.1, 0.15) is 221 Å². The van der Waals surface area contributed by atoms with Crippen LogP contribution in [0, 0.1) is 48.7 Å². The average Bonchev–Trinajstić information content (AvgIpc) is 1.66. The van der Waals surface area contributed by atoms with Crippen LogP contribution >= 0.6 is 57.9 Å². The number of carbonyl (C=O) groups excluding carboxylic acids is 8. The van der Waals surface area contributed by atoms with Gasteiger partial charge in [0, 0.05) is 78.6 Å². The van der Waals surface area contributed by atoms with Crippen molar-refractivity contribution in [2.75, 3.05) is 72.3 Å². The number of aromatic nitrogens is 1. The minimum Gasteiger partial charge on any atom is -0.355 e. The maximum atomic E-state index is 12.0. The van der Waals surface area contributed by atoms with Gasteiger partial charge in [0.2, 0.25) is 41.4 Å². The Kier molecular flexibility index (Phi) is 56.6. The molecule has 0 radical (unpaired) electrons. The molecule has 0 aliphatic carbocycles. The number of likely N-dealkylation sites (N-methyl/N-ethyl adjacent to an activating group) is 2. The Morgan fingerprint density at radius 1 is 0.491 bits per heavy atom. The van der Waals surface area contributed by atoms with Gasteiger partial charge in [-0.05, 0) is 107 Å². The lowest BCUT2D eigenvalue weighted by Crippen LogP contribution is -2.36. The van der Waals surface area contributed by atoms with Crippen LogP contribution in [0.3, 0.4) is 0 Å². The number of rotatable bonds is 18. The summed E-state index contributed by atoms with van der Waals surface area (Å²) in [5.74, 6) is -1.57. The maximum absolute atomic E-state index is 12.0. The highest BCUT2D eigenvalue weighted by molar-refractivity contribution is 7.13. The smallest absolute Gasteiger partial charge is 0.355 e. The molecule has 18 nitrogen and oxygen atoms in total. The first-order valence-corrected chi connectivity index (χ1v) is 38.0. The van der Waals surface area contributed by atoms with Crippen molar-refractivity contribution in [1.82, 2.24) is 45.7 Å². The number of benzene rings is 1. The summed E-state index contributed by atoms with van der Waals surface area (Å²) >= 11 is 23.5. The molecule has 8 amide bonds. The van der Waals surface area contributed by atoms with Gasteiger partial charge in [-0.25, -0.2) is 0 Å². The van der Waals surface area contributed by atoms with Crippen LogP contribution in [0.4, 0.5) is 13.2 Å². The van der Waals surface area contributed by atoms with E-state index in [0.29, 0.717) is 38.3 Å². The lowest BCUT2D eigenvalue weighted by Gasteiger charge is -2.25. The van der Waals surface area contributed by atoms with Crippen molar-refractivity contribution in [3.8, 4) is 0 Å². The molecule has 0 fully saturated rings. The quantitative estimate of drug-likeness (QED) is 0.0614. The van der Waals surface area contributed by atoms with Gasteiger partial charge in [0.1, 0.15) is 27.6 Å². The largest absolute Gasteiger partial charge is 0.421 e. The van der Waals surface area contributed by atoms with Crippen molar-refractivity contribution in [1.29, 1.82) is 0 Å².